The van der Waals surface area contributed by atoms with Crippen molar-refractivity contribution in [3.8, 4) is 0 Å². The predicted octanol–water partition coefficient (Wildman–Crippen LogP) is -0.781. The highest BCUT2D eigenvalue weighted by Crippen LogP contribution is 1.79. The van der Waals surface area contributed by atoms with Crippen LogP contribution in [0.15, 0.2) is 0 Å². The van der Waals surface area contributed by atoms with Gasteiger partial charge >= 0.3 is 0 Å². The molecule has 0 unspecified atom stereocenters. The maximum atomic E-state index is 10.8. The highest BCUT2D eigenvalue weighted by molar-refractivity contribution is 5.85. The number of carbonyl (C=O) groups excluding carboxylic acids is 1. The van der Waals surface area contributed by atoms with Gasteiger partial charge in [0.2, 0.25) is 5.91 Å². The maximum absolute atomic E-state index is 10.8. The van der Waals surface area contributed by atoms with E-state index in [1.165, 1.54) is 0 Å². The average molecular weight is 182 g/mol. The van der Waals surface area contributed by atoms with Gasteiger partial charge in [-0.15, -0.1) is 12.4 Å². The minimum atomic E-state index is -0.450. The van der Waals surface area contributed by atoms with Crippen LogP contribution >= 0.6 is 12.4 Å². The van der Waals surface area contributed by atoms with Crippen LogP contribution in [0.3, 0.4) is 0 Å². The fourth-order valence-corrected chi connectivity index (χ4v) is 0.433. The van der Waals surface area contributed by atoms with Crippen molar-refractivity contribution in [3.05, 3.63) is 0 Å². The Labute approximate surface area is 73.1 Å². The van der Waals surface area contributed by atoms with Crippen molar-refractivity contribution < 1.29 is 4.79 Å². The lowest BCUT2D eigenvalue weighted by Gasteiger charge is -2.12. The molecule has 0 aliphatic carbocycles. The van der Waals surface area contributed by atoms with E-state index >= 15 is 0 Å². The zero-order valence-corrected chi connectivity index (χ0v) is 7.65. The first kappa shape index (κ1) is 13.3. The lowest BCUT2D eigenvalue weighted by molar-refractivity contribution is -0.122. The van der Waals surface area contributed by atoms with Crippen LogP contribution < -0.4 is 16.8 Å². The lowest BCUT2D eigenvalue weighted by Crippen LogP contribution is -2.45. The summed E-state index contributed by atoms with van der Waals surface area (Å²) in [6.07, 6.45) is 0. The minimum absolute atomic E-state index is 0. The average Bonchev–Trinajstić information content (AvgIpc) is 1.87. The molecule has 0 spiro atoms. The van der Waals surface area contributed by atoms with Gasteiger partial charge in [0.05, 0.1) is 6.04 Å². The molecule has 1 amide bonds. The smallest absolute Gasteiger partial charge is 0.236 e. The number of amides is 1. The Morgan fingerprint density at radius 2 is 2.00 bits per heavy atom. The molecule has 0 rings (SSSR count). The zero-order chi connectivity index (χ0) is 8.15. The summed E-state index contributed by atoms with van der Waals surface area (Å²) in [6, 6.07) is -0.438. The molecular formula is C6H16ClN3O. The topological polar surface area (TPSA) is 81.1 Å². The largest absolute Gasteiger partial charge is 0.351 e. The summed E-state index contributed by atoms with van der Waals surface area (Å²) < 4.78 is 0. The lowest BCUT2D eigenvalue weighted by atomic mass is 10.3. The molecule has 0 saturated heterocycles. The molecule has 0 aliphatic rings. The molecule has 0 aliphatic heterocycles. The first-order valence-corrected chi connectivity index (χ1v) is 3.34. The van der Waals surface area contributed by atoms with Gasteiger partial charge in [-0.25, -0.2) is 0 Å². The number of carbonyl (C=O) groups is 1. The Morgan fingerprint density at radius 3 is 2.27 bits per heavy atom. The van der Waals surface area contributed by atoms with Crippen LogP contribution in [0, 0.1) is 0 Å². The fraction of sp³-hybridized carbons (Fsp3) is 0.833. The molecule has 0 aromatic carbocycles. The van der Waals surface area contributed by atoms with E-state index in [2.05, 4.69) is 5.32 Å². The first-order valence-electron chi connectivity index (χ1n) is 3.34. The number of rotatable bonds is 3. The van der Waals surface area contributed by atoms with Crippen LogP contribution in [0.2, 0.25) is 0 Å². The molecule has 4 nitrogen and oxygen atoms in total. The summed E-state index contributed by atoms with van der Waals surface area (Å²) >= 11 is 0. The van der Waals surface area contributed by atoms with Crippen molar-refractivity contribution >= 4 is 18.3 Å². The van der Waals surface area contributed by atoms with E-state index in [9.17, 15) is 4.79 Å². The van der Waals surface area contributed by atoms with Crippen LogP contribution in [0.25, 0.3) is 0 Å². The molecule has 0 saturated carbocycles. The van der Waals surface area contributed by atoms with Crippen LogP contribution in [0.5, 0.6) is 0 Å². The van der Waals surface area contributed by atoms with Crippen molar-refractivity contribution in [2.75, 3.05) is 6.54 Å². The van der Waals surface area contributed by atoms with Crippen molar-refractivity contribution in [2.45, 2.75) is 25.9 Å². The zero-order valence-electron chi connectivity index (χ0n) is 6.83. The summed E-state index contributed by atoms with van der Waals surface area (Å²) in [4.78, 5) is 10.8. The molecule has 0 bridgehead atoms. The van der Waals surface area contributed by atoms with Crippen molar-refractivity contribution in [2.24, 2.45) is 11.5 Å². The Balaban J connectivity index is 0. The summed E-state index contributed by atoms with van der Waals surface area (Å²) in [5.74, 6) is -0.155. The first-order chi connectivity index (χ1) is 4.57. The molecule has 2 atom stereocenters. The Hall–Kier alpha value is -0.320. The predicted molar refractivity (Wildman–Crippen MR) is 47.6 cm³/mol. The molecule has 0 aromatic heterocycles. The Bertz CT molecular complexity index is 118. The quantitative estimate of drug-likeness (QED) is 0.534. The molecule has 5 N–H and O–H groups in total. The van der Waals surface area contributed by atoms with Gasteiger partial charge in [0, 0.05) is 12.6 Å². The summed E-state index contributed by atoms with van der Waals surface area (Å²) in [5.41, 5.74) is 10.6. The second kappa shape index (κ2) is 6.39. The van der Waals surface area contributed by atoms with Crippen LogP contribution in [-0.4, -0.2) is 24.5 Å². The van der Waals surface area contributed by atoms with E-state index in [0.29, 0.717) is 6.54 Å². The van der Waals surface area contributed by atoms with E-state index < -0.39 is 6.04 Å². The highest BCUT2D eigenvalue weighted by atomic mass is 35.5. The molecule has 5 heteroatoms. The molecule has 0 radical (unpaired) electrons. The van der Waals surface area contributed by atoms with Crippen molar-refractivity contribution in [1.82, 2.24) is 5.32 Å². The Morgan fingerprint density at radius 1 is 1.55 bits per heavy atom. The standard InChI is InChI=1S/C6H15N3O.ClH/c1-4(3-7)9-6(10)5(2)8;/h4-5H,3,7-8H2,1-2H3,(H,9,10);1H/t4-,5+;/m0./s1. The number of hydrogen-bond donors (Lipinski definition) is 3. The third-order valence-electron chi connectivity index (χ3n) is 1.16. The Kier molecular flexibility index (Phi) is 7.72. The summed E-state index contributed by atoms with van der Waals surface area (Å²) in [5, 5.41) is 2.64. The molecule has 0 aromatic rings. The molecule has 0 heterocycles. The van der Waals surface area contributed by atoms with E-state index in [0.717, 1.165) is 0 Å². The maximum Gasteiger partial charge on any atom is 0.236 e. The molecule has 0 fully saturated rings. The van der Waals surface area contributed by atoms with Gasteiger partial charge in [-0.1, -0.05) is 0 Å². The molecule has 11 heavy (non-hydrogen) atoms. The number of hydrogen-bond acceptors (Lipinski definition) is 3. The summed E-state index contributed by atoms with van der Waals surface area (Å²) in [7, 11) is 0. The van der Waals surface area contributed by atoms with Gasteiger partial charge < -0.3 is 16.8 Å². The van der Waals surface area contributed by atoms with Gasteiger partial charge in [0.1, 0.15) is 0 Å². The highest BCUT2D eigenvalue weighted by Gasteiger charge is 2.08. The minimum Gasteiger partial charge on any atom is -0.351 e. The third-order valence-corrected chi connectivity index (χ3v) is 1.16. The van der Waals surface area contributed by atoms with E-state index in [-0.39, 0.29) is 24.4 Å². The number of nitrogens with two attached hydrogens (primary N) is 2. The van der Waals surface area contributed by atoms with Crippen molar-refractivity contribution in [3.63, 3.8) is 0 Å². The van der Waals surface area contributed by atoms with Crippen LogP contribution in [-0.2, 0) is 4.79 Å². The normalized spacial score (nSPS) is 14.5. The van der Waals surface area contributed by atoms with Gasteiger partial charge in [-0.2, -0.15) is 0 Å². The number of nitrogens with one attached hydrogen (secondary N) is 1. The molecule has 68 valence electrons. The van der Waals surface area contributed by atoms with Gasteiger partial charge in [0.15, 0.2) is 0 Å². The summed E-state index contributed by atoms with van der Waals surface area (Å²) in [6.45, 7) is 3.91. The SMILES string of the molecule is C[C@@H](CN)NC(=O)[C@@H](C)N.Cl. The van der Waals surface area contributed by atoms with E-state index in [1.807, 2.05) is 6.92 Å². The monoisotopic (exact) mass is 181 g/mol. The second-order valence-electron chi connectivity index (χ2n) is 2.43. The number of halogens is 1. The van der Waals surface area contributed by atoms with E-state index in [4.69, 9.17) is 11.5 Å². The van der Waals surface area contributed by atoms with Gasteiger partial charge in [-0.05, 0) is 13.8 Å². The molecular weight excluding hydrogens is 166 g/mol. The van der Waals surface area contributed by atoms with Crippen molar-refractivity contribution in [1.29, 1.82) is 0 Å². The fourth-order valence-electron chi connectivity index (χ4n) is 0.433. The van der Waals surface area contributed by atoms with Gasteiger partial charge in [-0.3, -0.25) is 4.79 Å². The van der Waals surface area contributed by atoms with Crippen LogP contribution in [0.4, 0.5) is 0 Å². The second-order valence-corrected chi connectivity index (χ2v) is 2.43. The van der Waals surface area contributed by atoms with Crippen LogP contribution in [0.1, 0.15) is 13.8 Å². The third kappa shape index (κ3) is 6.09. The van der Waals surface area contributed by atoms with Gasteiger partial charge in [0.25, 0.3) is 0 Å². The van der Waals surface area contributed by atoms with E-state index in [1.54, 1.807) is 6.92 Å².